The van der Waals surface area contributed by atoms with Gasteiger partial charge in [0.1, 0.15) is 22.9 Å². The Bertz CT molecular complexity index is 1520. The topological polar surface area (TPSA) is 83.1 Å². The number of esters is 1. The van der Waals surface area contributed by atoms with E-state index in [9.17, 15) is 9.59 Å². The molecule has 1 heterocycles. The number of benzene rings is 3. The number of ether oxygens (including phenoxy) is 4. The normalized spacial score (nSPS) is 10.8. The van der Waals surface area contributed by atoms with Gasteiger partial charge in [0.25, 0.3) is 0 Å². The van der Waals surface area contributed by atoms with Gasteiger partial charge in [0.2, 0.25) is 5.91 Å². The molecule has 0 unspecified atom stereocenters. The van der Waals surface area contributed by atoms with Gasteiger partial charge in [-0.25, -0.2) is 4.79 Å². The Morgan fingerprint density at radius 1 is 0.976 bits per heavy atom. The summed E-state index contributed by atoms with van der Waals surface area (Å²) in [4.78, 5) is 25.8. The summed E-state index contributed by atoms with van der Waals surface area (Å²) >= 11 is 4.82. The summed E-state index contributed by atoms with van der Waals surface area (Å²) in [5.41, 5.74) is 3.56. The molecular weight excluding hydrogens is 606 g/mol. The number of thiophene rings is 1. The van der Waals surface area contributed by atoms with Gasteiger partial charge < -0.3 is 24.3 Å². The summed E-state index contributed by atoms with van der Waals surface area (Å²) in [5, 5.41) is 5.07. The summed E-state index contributed by atoms with van der Waals surface area (Å²) in [6, 6.07) is 20.9. The minimum Gasteiger partial charge on any atom is -0.494 e. The van der Waals surface area contributed by atoms with E-state index in [4.69, 9.17) is 18.9 Å². The predicted octanol–water partition coefficient (Wildman–Crippen LogP) is 7.99. The largest absolute Gasteiger partial charge is 0.494 e. The van der Waals surface area contributed by atoms with Gasteiger partial charge in [-0.3, -0.25) is 4.79 Å². The van der Waals surface area contributed by atoms with E-state index in [1.807, 2.05) is 73.0 Å². The number of amides is 1. The maximum absolute atomic E-state index is 12.9. The monoisotopic (exact) mass is 635 g/mol. The van der Waals surface area contributed by atoms with Gasteiger partial charge in [-0.15, -0.1) is 11.3 Å². The Balaban J connectivity index is 1.51. The molecule has 1 amide bonds. The van der Waals surface area contributed by atoms with Crippen LogP contribution in [0.3, 0.4) is 0 Å². The number of methoxy groups -OCH3 is 1. The lowest BCUT2D eigenvalue weighted by molar-refractivity contribution is -0.111. The number of hydrogen-bond donors (Lipinski definition) is 1. The zero-order valence-corrected chi connectivity index (χ0v) is 25.3. The highest BCUT2D eigenvalue weighted by Gasteiger charge is 2.22. The molecule has 0 bridgehead atoms. The molecule has 0 atom stereocenters. The van der Waals surface area contributed by atoms with Crippen LogP contribution in [0.5, 0.6) is 17.2 Å². The van der Waals surface area contributed by atoms with Gasteiger partial charge in [-0.05, 0) is 76.8 Å². The van der Waals surface area contributed by atoms with E-state index in [0.717, 1.165) is 22.4 Å². The average molecular weight is 637 g/mol. The van der Waals surface area contributed by atoms with Crippen molar-refractivity contribution in [1.29, 1.82) is 0 Å². The first-order chi connectivity index (χ1) is 19.9. The second-order valence-electron chi connectivity index (χ2n) is 8.66. The molecule has 1 N–H and O–H groups in total. The number of carbonyl (C=O) groups is 2. The van der Waals surface area contributed by atoms with Crippen LogP contribution in [0.2, 0.25) is 0 Å². The molecule has 4 rings (SSSR count). The Kier molecular flexibility index (Phi) is 10.6. The van der Waals surface area contributed by atoms with Gasteiger partial charge in [-0.1, -0.05) is 42.5 Å². The Morgan fingerprint density at radius 2 is 1.73 bits per heavy atom. The molecule has 0 aliphatic carbocycles. The number of rotatable bonds is 12. The molecule has 0 aliphatic heterocycles. The highest BCUT2D eigenvalue weighted by molar-refractivity contribution is 9.10. The second-order valence-corrected chi connectivity index (χ2v) is 10.4. The Morgan fingerprint density at radius 3 is 2.41 bits per heavy atom. The molecule has 0 saturated heterocycles. The van der Waals surface area contributed by atoms with Gasteiger partial charge in [0, 0.05) is 17.0 Å². The maximum Gasteiger partial charge on any atom is 0.341 e. The van der Waals surface area contributed by atoms with Crippen molar-refractivity contribution in [2.24, 2.45) is 0 Å². The van der Waals surface area contributed by atoms with Crippen LogP contribution in [0.4, 0.5) is 5.00 Å². The Labute approximate surface area is 251 Å². The minimum absolute atomic E-state index is 0.215. The van der Waals surface area contributed by atoms with Crippen LogP contribution >= 0.6 is 27.3 Å². The average Bonchev–Trinajstić information content (AvgIpc) is 3.40. The van der Waals surface area contributed by atoms with Crippen LogP contribution in [0, 0.1) is 0 Å². The van der Waals surface area contributed by atoms with Crippen molar-refractivity contribution >= 4 is 50.2 Å². The minimum atomic E-state index is -0.503. The zero-order chi connectivity index (χ0) is 29.2. The van der Waals surface area contributed by atoms with Gasteiger partial charge >= 0.3 is 5.97 Å². The smallest absolute Gasteiger partial charge is 0.341 e. The van der Waals surface area contributed by atoms with Gasteiger partial charge in [-0.2, -0.15) is 0 Å². The number of anilines is 1. The van der Waals surface area contributed by atoms with E-state index < -0.39 is 11.9 Å². The van der Waals surface area contributed by atoms with Crippen molar-refractivity contribution in [3.63, 3.8) is 0 Å². The molecule has 0 saturated carbocycles. The fraction of sp³-hybridized carbons (Fsp3) is 0.188. The molecule has 4 aromatic rings. The quantitative estimate of drug-likeness (QED) is 0.125. The third-order valence-electron chi connectivity index (χ3n) is 5.89. The van der Waals surface area contributed by atoms with Gasteiger partial charge in [0.15, 0.2) is 11.5 Å². The lowest BCUT2D eigenvalue weighted by atomic mass is 10.0. The maximum atomic E-state index is 12.9. The first-order valence-electron chi connectivity index (χ1n) is 13.0. The number of nitrogens with one attached hydrogen (secondary N) is 1. The van der Waals surface area contributed by atoms with Crippen molar-refractivity contribution < 1.29 is 28.5 Å². The number of hydrogen-bond acceptors (Lipinski definition) is 7. The summed E-state index contributed by atoms with van der Waals surface area (Å²) in [6.07, 6.45) is 3.06. The van der Waals surface area contributed by atoms with Crippen LogP contribution in [-0.2, 0) is 16.1 Å². The fourth-order valence-electron chi connectivity index (χ4n) is 4.00. The fourth-order valence-corrected chi connectivity index (χ4v) is 5.53. The molecule has 41 heavy (non-hydrogen) atoms. The van der Waals surface area contributed by atoms with Crippen LogP contribution < -0.4 is 19.5 Å². The summed E-state index contributed by atoms with van der Waals surface area (Å²) in [5.74, 6) is 0.935. The lowest BCUT2D eigenvalue weighted by Crippen LogP contribution is -2.12. The number of halogens is 1. The first kappa shape index (κ1) is 29.9. The first-order valence-corrected chi connectivity index (χ1v) is 14.7. The molecular formula is C32H30BrNO6S. The third kappa shape index (κ3) is 7.77. The van der Waals surface area contributed by atoms with E-state index in [2.05, 4.69) is 21.2 Å². The van der Waals surface area contributed by atoms with E-state index in [1.165, 1.54) is 17.4 Å². The Hall–Kier alpha value is -4.08. The highest BCUT2D eigenvalue weighted by Crippen LogP contribution is 2.38. The van der Waals surface area contributed by atoms with Crippen LogP contribution in [0.1, 0.15) is 35.3 Å². The second kappa shape index (κ2) is 14.5. The molecule has 0 radical (unpaired) electrons. The standard InChI is InChI=1S/C32H30BrNO6S/c1-4-38-24-14-12-23(13-15-24)25-20-41-31(29(25)32(36)39-5-2)34-28(35)16-11-22-17-26(33)30(27(18-22)37-3)40-19-21-9-7-6-8-10-21/h6-18,20H,4-5,19H2,1-3H3,(H,34,35)/b16-11+. The van der Waals surface area contributed by atoms with E-state index in [-0.39, 0.29) is 6.61 Å². The molecule has 7 nitrogen and oxygen atoms in total. The lowest BCUT2D eigenvalue weighted by Gasteiger charge is -2.13. The van der Waals surface area contributed by atoms with E-state index in [1.54, 1.807) is 26.2 Å². The van der Waals surface area contributed by atoms with Gasteiger partial charge in [0.05, 0.1) is 24.8 Å². The molecule has 0 fully saturated rings. The molecule has 212 valence electrons. The van der Waals surface area contributed by atoms with Crippen molar-refractivity contribution in [1.82, 2.24) is 0 Å². The summed E-state index contributed by atoms with van der Waals surface area (Å²) in [7, 11) is 1.56. The molecule has 1 aromatic heterocycles. The van der Waals surface area contributed by atoms with Crippen molar-refractivity contribution in [3.8, 4) is 28.4 Å². The summed E-state index contributed by atoms with van der Waals surface area (Å²) < 4.78 is 23.0. The molecule has 0 spiro atoms. The predicted molar refractivity (Wildman–Crippen MR) is 166 cm³/mol. The van der Waals surface area contributed by atoms with Crippen LogP contribution in [0.15, 0.2) is 82.7 Å². The van der Waals surface area contributed by atoms with E-state index in [0.29, 0.717) is 45.3 Å². The van der Waals surface area contributed by atoms with Crippen molar-refractivity contribution in [3.05, 3.63) is 99.3 Å². The SMILES string of the molecule is CCOC(=O)c1c(-c2ccc(OCC)cc2)csc1NC(=O)/C=C/c1cc(Br)c(OCc2ccccc2)c(OC)c1. The molecule has 9 heteroatoms. The van der Waals surface area contributed by atoms with E-state index >= 15 is 0 Å². The molecule has 3 aromatic carbocycles. The van der Waals surface area contributed by atoms with Crippen molar-refractivity contribution in [2.45, 2.75) is 20.5 Å². The van der Waals surface area contributed by atoms with Crippen LogP contribution in [-0.4, -0.2) is 32.2 Å². The number of carbonyl (C=O) groups excluding carboxylic acids is 2. The third-order valence-corrected chi connectivity index (χ3v) is 7.37. The molecule has 0 aliphatic rings. The zero-order valence-electron chi connectivity index (χ0n) is 22.9. The highest BCUT2D eigenvalue weighted by atomic mass is 79.9. The summed E-state index contributed by atoms with van der Waals surface area (Å²) in [6.45, 7) is 4.82. The van der Waals surface area contributed by atoms with Crippen LogP contribution in [0.25, 0.3) is 17.2 Å². The van der Waals surface area contributed by atoms with Crippen molar-refractivity contribution in [2.75, 3.05) is 25.6 Å².